The number of hydrogen-bond donors (Lipinski definition) is 2. The Morgan fingerprint density at radius 3 is 2.74 bits per heavy atom. The fourth-order valence-corrected chi connectivity index (χ4v) is 3.05. The Morgan fingerprint density at radius 2 is 1.97 bits per heavy atom. The highest BCUT2D eigenvalue weighted by molar-refractivity contribution is 5.79. The Bertz CT molecular complexity index is 864. The molecule has 0 saturated carbocycles. The molecule has 2 rings (SSSR count). The predicted octanol–water partition coefficient (Wildman–Crippen LogP) is 3.11. The van der Waals surface area contributed by atoms with Gasteiger partial charge in [0, 0.05) is 44.1 Å². The number of guanidine groups is 1. The number of nitrogens with one attached hydrogen (secondary N) is 2. The highest BCUT2D eigenvalue weighted by Crippen LogP contribution is 2.21. The topological polar surface area (TPSA) is 76.9 Å². The van der Waals surface area contributed by atoms with Gasteiger partial charge in [-0.25, -0.2) is 4.99 Å². The summed E-state index contributed by atoms with van der Waals surface area (Å²) in [6, 6.07) is 11.4. The van der Waals surface area contributed by atoms with Crippen LogP contribution in [0.15, 0.2) is 52.4 Å². The molecular formula is C24H36N4O3. The van der Waals surface area contributed by atoms with Crippen molar-refractivity contribution < 1.29 is 9.47 Å². The largest absolute Gasteiger partial charge is 0.491 e. The minimum absolute atomic E-state index is 0.0442. The van der Waals surface area contributed by atoms with Crippen molar-refractivity contribution in [3.8, 4) is 5.75 Å². The van der Waals surface area contributed by atoms with Crippen LogP contribution in [-0.4, -0.2) is 43.4 Å². The quantitative estimate of drug-likeness (QED) is 0.291. The van der Waals surface area contributed by atoms with Crippen LogP contribution >= 0.6 is 0 Å². The first kappa shape index (κ1) is 24.5. The average Bonchev–Trinajstić information content (AvgIpc) is 2.77. The fourth-order valence-electron chi connectivity index (χ4n) is 3.05. The van der Waals surface area contributed by atoms with E-state index in [1.54, 1.807) is 16.7 Å². The summed E-state index contributed by atoms with van der Waals surface area (Å²) in [5.74, 6) is 1.63. The number of rotatable bonds is 13. The average molecular weight is 429 g/mol. The monoisotopic (exact) mass is 428 g/mol. The second-order valence-corrected chi connectivity index (χ2v) is 7.22. The van der Waals surface area contributed by atoms with Crippen molar-refractivity contribution in [1.82, 2.24) is 15.2 Å². The molecule has 0 amide bonds. The van der Waals surface area contributed by atoms with Gasteiger partial charge in [0.05, 0.1) is 13.2 Å². The molecule has 0 atom stereocenters. The van der Waals surface area contributed by atoms with E-state index >= 15 is 0 Å². The zero-order valence-electron chi connectivity index (χ0n) is 19.0. The maximum Gasteiger partial charge on any atom is 0.250 e. The van der Waals surface area contributed by atoms with E-state index in [1.165, 1.54) is 0 Å². The summed E-state index contributed by atoms with van der Waals surface area (Å²) in [5.41, 5.74) is 2.24. The molecule has 0 fully saturated rings. The van der Waals surface area contributed by atoms with Crippen LogP contribution in [0.1, 0.15) is 37.8 Å². The van der Waals surface area contributed by atoms with Gasteiger partial charge >= 0.3 is 0 Å². The van der Waals surface area contributed by atoms with E-state index in [0.717, 1.165) is 55.3 Å². The number of benzene rings is 1. The highest BCUT2D eigenvalue weighted by atomic mass is 16.5. The van der Waals surface area contributed by atoms with Gasteiger partial charge in [0.2, 0.25) is 5.56 Å². The van der Waals surface area contributed by atoms with Crippen LogP contribution in [-0.2, 0) is 17.8 Å². The van der Waals surface area contributed by atoms with E-state index in [4.69, 9.17) is 14.5 Å². The highest BCUT2D eigenvalue weighted by Gasteiger charge is 2.05. The molecule has 0 saturated heterocycles. The van der Waals surface area contributed by atoms with Crippen molar-refractivity contribution in [2.45, 2.75) is 46.7 Å². The normalized spacial score (nSPS) is 11.4. The van der Waals surface area contributed by atoms with Crippen molar-refractivity contribution >= 4 is 5.96 Å². The van der Waals surface area contributed by atoms with Crippen molar-refractivity contribution in [2.24, 2.45) is 4.99 Å². The summed E-state index contributed by atoms with van der Waals surface area (Å²) in [7, 11) is 0. The molecule has 1 aromatic heterocycles. The smallest absolute Gasteiger partial charge is 0.250 e. The van der Waals surface area contributed by atoms with Crippen molar-refractivity contribution in [3.05, 3.63) is 64.1 Å². The molecular weight excluding hydrogens is 392 g/mol. The van der Waals surface area contributed by atoms with Crippen LogP contribution in [0.25, 0.3) is 0 Å². The molecule has 7 heteroatoms. The third kappa shape index (κ3) is 9.26. The summed E-state index contributed by atoms with van der Waals surface area (Å²) < 4.78 is 13.0. The lowest BCUT2D eigenvalue weighted by Gasteiger charge is -2.14. The Hall–Kier alpha value is -2.80. The number of unbranched alkanes of at least 4 members (excludes halogenated alkanes) is 1. The predicted molar refractivity (Wildman–Crippen MR) is 126 cm³/mol. The third-order valence-electron chi connectivity index (χ3n) is 4.68. The third-order valence-corrected chi connectivity index (χ3v) is 4.68. The Morgan fingerprint density at radius 1 is 1.10 bits per heavy atom. The van der Waals surface area contributed by atoms with E-state index in [-0.39, 0.29) is 5.56 Å². The van der Waals surface area contributed by atoms with Crippen LogP contribution in [0.4, 0.5) is 0 Å². The molecule has 0 aliphatic rings. The van der Waals surface area contributed by atoms with Crippen LogP contribution < -0.4 is 20.9 Å². The van der Waals surface area contributed by atoms with Crippen molar-refractivity contribution in [1.29, 1.82) is 0 Å². The zero-order valence-corrected chi connectivity index (χ0v) is 19.0. The molecule has 0 aliphatic heterocycles. The fraction of sp³-hybridized carbons (Fsp3) is 0.500. The number of pyridine rings is 1. The molecule has 0 bridgehead atoms. The van der Waals surface area contributed by atoms with Crippen LogP contribution in [0.3, 0.4) is 0 Å². The van der Waals surface area contributed by atoms with Crippen molar-refractivity contribution in [3.63, 3.8) is 0 Å². The summed E-state index contributed by atoms with van der Waals surface area (Å²) in [5, 5.41) is 6.66. The molecule has 0 unspecified atom stereocenters. The van der Waals surface area contributed by atoms with E-state index < -0.39 is 0 Å². The number of ether oxygens (including phenoxy) is 2. The van der Waals surface area contributed by atoms with Gasteiger partial charge in [-0.05, 0) is 51.3 Å². The Kier molecular flexibility index (Phi) is 11.2. The van der Waals surface area contributed by atoms with Crippen LogP contribution in [0, 0.1) is 6.92 Å². The van der Waals surface area contributed by atoms with Gasteiger partial charge in [0.15, 0.2) is 5.96 Å². The van der Waals surface area contributed by atoms with Crippen LogP contribution in [0.5, 0.6) is 5.75 Å². The maximum atomic E-state index is 11.7. The number of hydrogen-bond acceptors (Lipinski definition) is 4. The Balaban J connectivity index is 1.86. The van der Waals surface area contributed by atoms with Gasteiger partial charge in [-0.2, -0.15) is 0 Å². The Labute approximate surface area is 185 Å². The number of aryl methyl sites for hydroxylation is 2. The molecule has 7 nitrogen and oxygen atoms in total. The van der Waals surface area contributed by atoms with E-state index in [2.05, 4.69) is 29.7 Å². The standard InChI is InChI=1S/C24H36N4O3/c1-4-25-24(26-13-7-9-15-28-14-8-6-10-23(28)29)27-19-21-12-11-20(3)18-22(21)31-17-16-30-5-2/h6,8,10-12,14,18H,4-5,7,9,13,15-17,19H2,1-3H3,(H2,25,26,27). The molecule has 0 radical (unpaired) electrons. The maximum absolute atomic E-state index is 11.7. The SMILES string of the molecule is CCNC(=NCc1ccc(C)cc1OCCOCC)NCCCCn1ccccc1=O. The van der Waals surface area contributed by atoms with Gasteiger partial charge in [0.1, 0.15) is 12.4 Å². The molecule has 0 aliphatic carbocycles. The second-order valence-electron chi connectivity index (χ2n) is 7.22. The van der Waals surface area contributed by atoms with E-state index in [9.17, 15) is 4.79 Å². The lowest BCUT2D eigenvalue weighted by molar-refractivity contribution is 0.110. The second kappa shape index (κ2) is 14.2. The molecule has 1 aromatic carbocycles. The van der Waals surface area contributed by atoms with E-state index in [0.29, 0.717) is 26.4 Å². The molecule has 0 spiro atoms. The lowest BCUT2D eigenvalue weighted by atomic mass is 10.1. The molecule has 1 heterocycles. The molecule has 31 heavy (non-hydrogen) atoms. The molecule has 2 N–H and O–H groups in total. The van der Waals surface area contributed by atoms with Gasteiger partial charge < -0.3 is 24.7 Å². The minimum Gasteiger partial charge on any atom is -0.491 e. The number of nitrogens with zero attached hydrogens (tertiary/aromatic N) is 2. The summed E-state index contributed by atoms with van der Waals surface area (Å²) in [6.45, 7) is 10.7. The molecule has 2 aromatic rings. The van der Waals surface area contributed by atoms with Crippen LogP contribution in [0.2, 0.25) is 0 Å². The number of aromatic nitrogens is 1. The van der Waals surface area contributed by atoms with E-state index in [1.807, 2.05) is 32.2 Å². The van der Waals surface area contributed by atoms with Crippen molar-refractivity contribution in [2.75, 3.05) is 32.9 Å². The summed E-state index contributed by atoms with van der Waals surface area (Å²) >= 11 is 0. The summed E-state index contributed by atoms with van der Waals surface area (Å²) in [6.07, 6.45) is 3.70. The first-order valence-electron chi connectivity index (χ1n) is 11.1. The van der Waals surface area contributed by atoms with Gasteiger partial charge in [-0.3, -0.25) is 4.79 Å². The first-order chi connectivity index (χ1) is 15.1. The van der Waals surface area contributed by atoms with Gasteiger partial charge in [-0.15, -0.1) is 0 Å². The zero-order chi connectivity index (χ0) is 22.3. The summed E-state index contributed by atoms with van der Waals surface area (Å²) in [4.78, 5) is 16.5. The van der Waals surface area contributed by atoms with Gasteiger partial charge in [-0.1, -0.05) is 18.2 Å². The van der Waals surface area contributed by atoms with Gasteiger partial charge in [0.25, 0.3) is 0 Å². The minimum atomic E-state index is 0.0442. The lowest BCUT2D eigenvalue weighted by Crippen LogP contribution is -2.37. The first-order valence-corrected chi connectivity index (χ1v) is 11.1. The number of aliphatic imine (C=N–C) groups is 1. The molecule has 170 valence electrons.